The Balaban J connectivity index is 1.83. The van der Waals surface area contributed by atoms with Gasteiger partial charge in [-0.1, -0.05) is 6.07 Å². The molecule has 1 amide bonds. The van der Waals surface area contributed by atoms with Crippen LogP contribution in [0.1, 0.15) is 36.3 Å². The van der Waals surface area contributed by atoms with Crippen molar-refractivity contribution in [2.24, 2.45) is 0 Å². The van der Waals surface area contributed by atoms with Crippen LogP contribution in [-0.2, 0) is 11.2 Å². The Labute approximate surface area is 121 Å². The predicted molar refractivity (Wildman–Crippen MR) is 72.4 cm³/mol. The number of hydrogen-bond acceptors (Lipinski definition) is 2. The molecular formula is C15H18F3NO2. The molecule has 0 saturated heterocycles. The molecule has 0 heterocycles. The lowest BCUT2D eigenvalue weighted by atomic mass is 9.96. The van der Waals surface area contributed by atoms with E-state index in [9.17, 15) is 18.0 Å². The molecule has 1 aromatic carbocycles. The second-order valence-corrected chi connectivity index (χ2v) is 5.20. The zero-order valence-electron chi connectivity index (χ0n) is 11.8. The zero-order chi connectivity index (χ0) is 15.5. The molecule has 0 fully saturated rings. The van der Waals surface area contributed by atoms with Crippen molar-refractivity contribution in [1.29, 1.82) is 0 Å². The molecule has 1 aliphatic carbocycles. The summed E-state index contributed by atoms with van der Waals surface area (Å²) < 4.78 is 41.3. The maximum Gasteiger partial charge on any atom is 0.471 e. The van der Waals surface area contributed by atoms with E-state index in [-0.39, 0.29) is 6.54 Å². The van der Waals surface area contributed by atoms with Crippen LogP contribution in [0.4, 0.5) is 13.2 Å². The second kappa shape index (κ2) is 6.37. The molecule has 6 heteroatoms. The predicted octanol–water partition coefficient (Wildman–Crippen LogP) is 3.18. The Morgan fingerprint density at radius 2 is 2.19 bits per heavy atom. The normalized spacial score (nSPS) is 17.4. The first kappa shape index (κ1) is 15.7. The van der Waals surface area contributed by atoms with Gasteiger partial charge in [0.2, 0.25) is 0 Å². The van der Waals surface area contributed by atoms with Crippen molar-refractivity contribution in [3.05, 3.63) is 29.3 Å². The van der Waals surface area contributed by atoms with E-state index in [0.717, 1.165) is 25.0 Å². The lowest BCUT2D eigenvalue weighted by molar-refractivity contribution is -0.173. The maximum absolute atomic E-state index is 12.0. The molecule has 3 nitrogen and oxygen atoms in total. The number of aryl methyl sites for hydroxylation is 1. The summed E-state index contributed by atoms with van der Waals surface area (Å²) in [7, 11) is 1.61. The molecule has 116 valence electrons. The molecule has 1 N–H and O–H groups in total. The number of fused-ring (bicyclic) bond motifs is 1. The third kappa shape index (κ3) is 3.89. The number of hydrogen-bond donors (Lipinski definition) is 1. The smallest absolute Gasteiger partial charge is 0.471 e. The van der Waals surface area contributed by atoms with Gasteiger partial charge in [-0.3, -0.25) is 4.79 Å². The Morgan fingerprint density at radius 1 is 1.43 bits per heavy atom. The summed E-state index contributed by atoms with van der Waals surface area (Å²) in [6.07, 6.45) is -1.52. The molecule has 0 radical (unpaired) electrons. The van der Waals surface area contributed by atoms with Crippen LogP contribution in [0.5, 0.6) is 5.75 Å². The molecule has 0 aliphatic heterocycles. The number of alkyl halides is 3. The van der Waals surface area contributed by atoms with E-state index in [1.165, 1.54) is 11.1 Å². The summed E-state index contributed by atoms with van der Waals surface area (Å²) in [5.41, 5.74) is 2.50. The molecule has 0 spiro atoms. The second-order valence-electron chi connectivity index (χ2n) is 5.20. The van der Waals surface area contributed by atoms with Gasteiger partial charge in [-0.25, -0.2) is 0 Å². The SMILES string of the molecule is COc1ccc2c(c1)[C@H](CCCNC(=O)C(F)(F)F)CC2. The molecular weight excluding hydrogens is 283 g/mol. The van der Waals surface area contributed by atoms with Crippen LogP contribution in [-0.4, -0.2) is 25.7 Å². The third-order valence-electron chi connectivity index (χ3n) is 3.83. The van der Waals surface area contributed by atoms with Crippen LogP contribution in [0.25, 0.3) is 0 Å². The van der Waals surface area contributed by atoms with Crippen molar-refractivity contribution in [1.82, 2.24) is 5.32 Å². The van der Waals surface area contributed by atoms with Gasteiger partial charge in [0.25, 0.3) is 0 Å². The number of halogens is 3. The van der Waals surface area contributed by atoms with E-state index < -0.39 is 12.1 Å². The lowest BCUT2D eigenvalue weighted by Crippen LogP contribution is -2.37. The quantitative estimate of drug-likeness (QED) is 0.848. The van der Waals surface area contributed by atoms with Crippen LogP contribution in [0.15, 0.2) is 18.2 Å². The van der Waals surface area contributed by atoms with Gasteiger partial charge in [-0.05, 0) is 54.9 Å². The standard InChI is InChI=1S/C15H18F3NO2/c1-21-12-7-6-11-5-4-10(13(11)9-12)3-2-8-19-14(20)15(16,17)18/h6-7,9-10H,2-5,8H2,1H3,(H,19,20)/t10-/m1/s1. The number of rotatable bonds is 5. The van der Waals surface area contributed by atoms with Crippen LogP contribution in [0, 0.1) is 0 Å². The van der Waals surface area contributed by atoms with Gasteiger partial charge in [-0.15, -0.1) is 0 Å². The first-order valence-corrected chi connectivity index (χ1v) is 6.93. The Kier molecular flexibility index (Phi) is 4.75. The summed E-state index contributed by atoms with van der Waals surface area (Å²) >= 11 is 0. The van der Waals surface area contributed by atoms with E-state index >= 15 is 0 Å². The molecule has 1 atom stereocenters. The molecule has 1 aliphatic rings. The first-order valence-electron chi connectivity index (χ1n) is 6.93. The summed E-state index contributed by atoms with van der Waals surface area (Å²) in [6, 6.07) is 5.96. The van der Waals surface area contributed by atoms with E-state index in [2.05, 4.69) is 0 Å². The summed E-state index contributed by atoms with van der Waals surface area (Å²) in [4.78, 5) is 10.7. The fourth-order valence-electron chi connectivity index (χ4n) is 2.74. The highest BCUT2D eigenvalue weighted by molar-refractivity contribution is 5.81. The van der Waals surface area contributed by atoms with Crippen LogP contribution < -0.4 is 10.1 Å². The molecule has 0 bridgehead atoms. The third-order valence-corrected chi connectivity index (χ3v) is 3.83. The van der Waals surface area contributed by atoms with Gasteiger partial charge in [0.1, 0.15) is 5.75 Å². The van der Waals surface area contributed by atoms with Gasteiger partial charge in [0, 0.05) is 6.54 Å². The van der Waals surface area contributed by atoms with Crippen molar-refractivity contribution in [2.45, 2.75) is 37.8 Å². The van der Waals surface area contributed by atoms with Gasteiger partial charge in [-0.2, -0.15) is 13.2 Å². The average molecular weight is 301 g/mol. The van der Waals surface area contributed by atoms with Crippen molar-refractivity contribution in [3.63, 3.8) is 0 Å². The van der Waals surface area contributed by atoms with Crippen molar-refractivity contribution < 1.29 is 22.7 Å². The molecule has 2 rings (SSSR count). The molecule has 0 saturated carbocycles. The minimum absolute atomic E-state index is 0.0497. The molecule has 0 aromatic heterocycles. The number of nitrogens with one attached hydrogen (secondary N) is 1. The number of benzene rings is 1. The van der Waals surface area contributed by atoms with E-state index in [1.807, 2.05) is 23.5 Å². The lowest BCUT2D eigenvalue weighted by Gasteiger charge is -2.13. The fraction of sp³-hybridized carbons (Fsp3) is 0.533. The van der Waals surface area contributed by atoms with Gasteiger partial charge in [0.05, 0.1) is 7.11 Å². The Bertz CT molecular complexity index is 514. The first-order chi connectivity index (χ1) is 9.91. The van der Waals surface area contributed by atoms with E-state index in [1.54, 1.807) is 7.11 Å². The highest BCUT2D eigenvalue weighted by Gasteiger charge is 2.38. The molecule has 1 aromatic rings. The number of carbonyl (C=O) groups excluding carboxylic acids is 1. The van der Waals surface area contributed by atoms with Gasteiger partial charge in [0.15, 0.2) is 0 Å². The Morgan fingerprint density at radius 3 is 2.86 bits per heavy atom. The maximum atomic E-state index is 12.0. The van der Waals surface area contributed by atoms with Crippen LogP contribution in [0.2, 0.25) is 0 Å². The molecule has 0 unspecified atom stereocenters. The largest absolute Gasteiger partial charge is 0.497 e. The zero-order valence-corrected chi connectivity index (χ0v) is 11.8. The summed E-state index contributed by atoms with van der Waals surface area (Å²) in [5, 5.41) is 1.90. The average Bonchev–Trinajstić information content (AvgIpc) is 2.84. The van der Waals surface area contributed by atoms with Gasteiger partial charge >= 0.3 is 12.1 Å². The highest BCUT2D eigenvalue weighted by atomic mass is 19.4. The monoisotopic (exact) mass is 301 g/mol. The molecule has 21 heavy (non-hydrogen) atoms. The van der Waals surface area contributed by atoms with Gasteiger partial charge < -0.3 is 10.1 Å². The topological polar surface area (TPSA) is 38.3 Å². The van der Waals surface area contributed by atoms with E-state index in [0.29, 0.717) is 12.3 Å². The van der Waals surface area contributed by atoms with Crippen molar-refractivity contribution in [3.8, 4) is 5.75 Å². The fourth-order valence-corrected chi connectivity index (χ4v) is 2.74. The number of ether oxygens (including phenoxy) is 1. The summed E-state index contributed by atoms with van der Waals surface area (Å²) in [6.45, 7) is 0.0497. The number of methoxy groups -OCH3 is 1. The Hall–Kier alpha value is -1.72. The van der Waals surface area contributed by atoms with E-state index in [4.69, 9.17) is 4.74 Å². The van der Waals surface area contributed by atoms with Crippen molar-refractivity contribution >= 4 is 5.91 Å². The van der Waals surface area contributed by atoms with Crippen molar-refractivity contribution in [2.75, 3.05) is 13.7 Å². The van der Waals surface area contributed by atoms with Crippen LogP contribution >= 0.6 is 0 Å². The number of carbonyl (C=O) groups is 1. The highest BCUT2D eigenvalue weighted by Crippen LogP contribution is 2.38. The number of amides is 1. The minimum Gasteiger partial charge on any atom is -0.497 e. The minimum atomic E-state index is -4.80. The van der Waals surface area contributed by atoms with Crippen LogP contribution in [0.3, 0.4) is 0 Å². The summed E-state index contributed by atoms with van der Waals surface area (Å²) in [5.74, 6) is -0.736.